The number of para-hydroxylation sites is 2. The highest BCUT2D eigenvalue weighted by Gasteiger charge is 2.26. The van der Waals surface area contributed by atoms with E-state index in [1.54, 1.807) is 0 Å². The number of carbonyl (C=O) groups excluding carboxylic acids is 1. The molecule has 2 N–H and O–H groups in total. The Hall–Kier alpha value is -1.88. The highest BCUT2D eigenvalue weighted by molar-refractivity contribution is 5.78. The van der Waals surface area contributed by atoms with E-state index in [0.717, 1.165) is 16.9 Å². The van der Waals surface area contributed by atoms with Gasteiger partial charge in [-0.2, -0.15) is 0 Å². The van der Waals surface area contributed by atoms with Crippen molar-refractivity contribution in [3.8, 4) is 0 Å². The van der Waals surface area contributed by atoms with Gasteiger partial charge in [-0.05, 0) is 39.8 Å². The number of hydrogen-bond donors (Lipinski definition) is 2. The molecule has 0 aliphatic heterocycles. The Morgan fingerprint density at radius 2 is 2.00 bits per heavy atom. The summed E-state index contributed by atoms with van der Waals surface area (Å²) in [6, 6.07) is 8.19. The summed E-state index contributed by atoms with van der Waals surface area (Å²) in [5, 5.41) is 6.17. The first-order valence-electron chi connectivity index (χ1n) is 7.27. The number of hydrogen-bond acceptors (Lipinski definition) is 3. The summed E-state index contributed by atoms with van der Waals surface area (Å²) in [6.07, 6.45) is 0. The number of nitrogens with zero attached hydrogens (tertiary/aromatic N) is 2. The van der Waals surface area contributed by atoms with Crippen molar-refractivity contribution in [1.82, 2.24) is 20.2 Å². The van der Waals surface area contributed by atoms with Gasteiger partial charge in [-0.1, -0.05) is 12.1 Å². The second-order valence-electron chi connectivity index (χ2n) is 6.18. The predicted octanol–water partition coefficient (Wildman–Crippen LogP) is 1.92. The van der Waals surface area contributed by atoms with Gasteiger partial charge in [0.15, 0.2) is 0 Å². The lowest BCUT2D eigenvalue weighted by Crippen LogP contribution is -2.46. The SMILES string of the molecule is CC(C)NC(=O)CNC(C)(C)c1nc2ccccc2n1C. The van der Waals surface area contributed by atoms with Crippen LogP contribution in [0.25, 0.3) is 11.0 Å². The quantitative estimate of drug-likeness (QED) is 0.884. The third-order valence-electron chi connectivity index (χ3n) is 3.49. The minimum atomic E-state index is -0.387. The number of imidazole rings is 1. The van der Waals surface area contributed by atoms with Crippen molar-refractivity contribution in [3.05, 3.63) is 30.1 Å². The Morgan fingerprint density at radius 1 is 1.33 bits per heavy atom. The lowest BCUT2D eigenvalue weighted by molar-refractivity contribution is -0.121. The number of rotatable bonds is 5. The zero-order chi connectivity index (χ0) is 15.6. The van der Waals surface area contributed by atoms with Gasteiger partial charge in [-0.25, -0.2) is 4.98 Å². The normalized spacial score (nSPS) is 12.1. The third kappa shape index (κ3) is 3.42. The van der Waals surface area contributed by atoms with Gasteiger partial charge in [-0.3, -0.25) is 10.1 Å². The molecular formula is C16H24N4O. The summed E-state index contributed by atoms with van der Waals surface area (Å²) in [5.74, 6) is 0.915. The Balaban J connectivity index is 2.17. The largest absolute Gasteiger partial charge is 0.353 e. The third-order valence-corrected chi connectivity index (χ3v) is 3.49. The van der Waals surface area contributed by atoms with Crippen LogP contribution in [0.2, 0.25) is 0 Å². The van der Waals surface area contributed by atoms with E-state index < -0.39 is 0 Å². The molecule has 5 nitrogen and oxygen atoms in total. The molecule has 0 saturated carbocycles. The van der Waals surface area contributed by atoms with E-state index in [0.29, 0.717) is 0 Å². The molecule has 0 radical (unpaired) electrons. The molecule has 0 bridgehead atoms. The van der Waals surface area contributed by atoms with Crippen LogP contribution in [0.5, 0.6) is 0 Å². The molecule has 1 heterocycles. The van der Waals surface area contributed by atoms with Gasteiger partial charge in [0, 0.05) is 13.1 Å². The van der Waals surface area contributed by atoms with Gasteiger partial charge < -0.3 is 9.88 Å². The van der Waals surface area contributed by atoms with Crippen molar-refractivity contribution < 1.29 is 4.79 Å². The topological polar surface area (TPSA) is 59.0 Å². The maximum absolute atomic E-state index is 11.8. The smallest absolute Gasteiger partial charge is 0.234 e. The number of nitrogens with one attached hydrogen (secondary N) is 2. The van der Waals surface area contributed by atoms with Crippen LogP contribution in [0.1, 0.15) is 33.5 Å². The molecule has 1 amide bonds. The fraction of sp³-hybridized carbons (Fsp3) is 0.500. The van der Waals surface area contributed by atoms with Crippen LogP contribution in [0, 0.1) is 0 Å². The number of amides is 1. The van der Waals surface area contributed by atoms with Gasteiger partial charge in [-0.15, -0.1) is 0 Å². The van der Waals surface area contributed by atoms with Crippen molar-refractivity contribution in [2.45, 2.75) is 39.3 Å². The van der Waals surface area contributed by atoms with Crippen molar-refractivity contribution in [1.29, 1.82) is 0 Å². The molecule has 1 aromatic heterocycles. The molecule has 2 rings (SSSR count). The van der Waals surface area contributed by atoms with Gasteiger partial charge in [0.25, 0.3) is 0 Å². The summed E-state index contributed by atoms with van der Waals surface area (Å²) < 4.78 is 2.07. The second kappa shape index (κ2) is 5.85. The molecular weight excluding hydrogens is 264 g/mol. The molecule has 0 aliphatic carbocycles. The Kier molecular flexibility index (Phi) is 4.32. The molecule has 2 aromatic rings. The van der Waals surface area contributed by atoms with E-state index in [1.165, 1.54) is 0 Å². The van der Waals surface area contributed by atoms with Crippen molar-refractivity contribution in [2.75, 3.05) is 6.54 Å². The van der Waals surface area contributed by atoms with Gasteiger partial charge >= 0.3 is 0 Å². The summed E-state index contributed by atoms with van der Waals surface area (Å²) in [4.78, 5) is 16.5. The summed E-state index contributed by atoms with van der Waals surface area (Å²) in [7, 11) is 2.00. The first-order valence-corrected chi connectivity index (χ1v) is 7.27. The molecule has 114 valence electrons. The average molecular weight is 288 g/mol. The van der Waals surface area contributed by atoms with E-state index in [2.05, 4.69) is 15.2 Å². The van der Waals surface area contributed by atoms with Crippen LogP contribution in [0.3, 0.4) is 0 Å². The maximum Gasteiger partial charge on any atom is 0.234 e. The molecule has 0 spiro atoms. The van der Waals surface area contributed by atoms with Crippen LogP contribution in [-0.4, -0.2) is 28.0 Å². The van der Waals surface area contributed by atoms with Crippen molar-refractivity contribution in [3.63, 3.8) is 0 Å². The van der Waals surface area contributed by atoms with E-state index in [1.807, 2.05) is 59.0 Å². The van der Waals surface area contributed by atoms with E-state index in [4.69, 9.17) is 4.98 Å². The van der Waals surface area contributed by atoms with E-state index in [9.17, 15) is 4.79 Å². The number of aromatic nitrogens is 2. The zero-order valence-corrected chi connectivity index (χ0v) is 13.4. The molecule has 21 heavy (non-hydrogen) atoms. The van der Waals surface area contributed by atoms with Crippen molar-refractivity contribution in [2.24, 2.45) is 7.05 Å². The minimum Gasteiger partial charge on any atom is -0.353 e. The zero-order valence-electron chi connectivity index (χ0n) is 13.4. The van der Waals surface area contributed by atoms with Crippen LogP contribution in [0.15, 0.2) is 24.3 Å². The predicted molar refractivity (Wildman–Crippen MR) is 85.0 cm³/mol. The second-order valence-corrected chi connectivity index (χ2v) is 6.18. The average Bonchev–Trinajstić information content (AvgIpc) is 2.75. The molecule has 0 fully saturated rings. The van der Waals surface area contributed by atoms with Crippen LogP contribution in [-0.2, 0) is 17.4 Å². The molecule has 0 aliphatic rings. The first kappa shape index (κ1) is 15.5. The molecule has 0 saturated heterocycles. The Morgan fingerprint density at radius 3 is 2.62 bits per heavy atom. The highest BCUT2D eigenvalue weighted by atomic mass is 16.1. The summed E-state index contributed by atoms with van der Waals surface area (Å²) in [6.45, 7) is 8.26. The Bertz CT molecular complexity index is 643. The number of fused-ring (bicyclic) bond motifs is 1. The summed E-state index contributed by atoms with van der Waals surface area (Å²) in [5.41, 5.74) is 1.67. The Labute approximate surface area is 125 Å². The van der Waals surface area contributed by atoms with Gasteiger partial charge in [0.1, 0.15) is 5.82 Å². The number of aryl methyl sites for hydroxylation is 1. The fourth-order valence-electron chi connectivity index (χ4n) is 2.46. The fourth-order valence-corrected chi connectivity index (χ4v) is 2.46. The van der Waals surface area contributed by atoms with Gasteiger partial charge in [0.05, 0.1) is 23.1 Å². The van der Waals surface area contributed by atoms with Gasteiger partial charge in [0.2, 0.25) is 5.91 Å². The van der Waals surface area contributed by atoms with E-state index in [-0.39, 0.29) is 24.0 Å². The van der Waals surface area contributed by atoms with Crippen LogP contribution in [0.4, 0.5) is 0 Å². The summed E-state index contributed by atoms with van der Waals surface area (Å²) >= 11 is 0. The molecule has 5 heteroatoms. The monoisotopic (exact) mass is 288 g/mol. The molecule has 0 atom stereocenters. The van der Waals surface area contributed by atoms with Crippen LogP contribution >= 0.6 is 0 Å². The molecule has 1 aromatic carbocycles. The van der Waals surface area contributed by atoms with Crippen molar-refractivity contribution >= 4 is 16.9 Å². The van der Waals surface area contributed by atoms with E-state index >= 15 is 0 Å². The molecule has 0 unspecified atom stereocenters. The lowest BCUT2D eigenvalue weighted by Gasteiger charge is -2.26. The maximum atomic E-state index is 11.8. The van der Waals surface area contributed by atoms with Crippen LogP contribution < -0.4 is 10.6 Å². The number of benzene rings is 1. The number of carbonyl (C=O) groups is 1. The highest BCUT2D eigenvalue weighted by Crippen LogP contribution is 2.23. The minimum absolute atomic E-state index is 0.00293. The standard InChI is InChI=1S/C16H24N4O/c1-11(2)18-14(21)10-17-16(3,4)15-19-12-8-6-7-9-13(12)20(15)5/h6-9,11,17H,10H2,1-5H3,(H,18,21). The first-order chi connectivity index (χ1) is 9.81. The lowest BCUT2D eigenvalue weighted by atomic mass is 10.0.